The Hall–Kier alpha value is -1.35. The molecule has 3 heteroatoms. The minimum Gasteiger partial charge on any atom is -0.460 e. The number of hydrogen-bond donors (Lipinski definition) is 0. The van der Waals surface area contributed by atoms with E-state index >= 15 is 0 Å². The van der Waals surface area contributed by atoms with Gasteiger partial charge in [0.15, 0.2) is 6.10 Å². The lowest BCUT2D eigenvalue weighted by atomic mass is 9.70. The minimum absolute atomic E-state index is 0.00936. The number of hydrogen-bond acceptors (Lipinski definition) is 3. The van der Waals surface area contributed by atoms with Gasteiger partial charge in [0.05, 0.1) is 0 Å². The fraction of sp³-hybridized carbons (Fsp3) is 0.632. The van der Waals surface area contributed by atoms with Crippen molar-refractivity contribution >= 4 is 5.97 Å². The van der Waals surface area contributed by atoms with Gasteiger partial charge in [-0.2, -0.15) is 0 Å². The normalized spacial score (nSPS) is 33.6. The number of ether oxygens (including phenoxy) is 2. The van der Waals surface area contributed by atoms with Crippen molar-refractivity contribution in [3.8, 4) is 0 Å². The van der Waals surface area contributed by atoms with Crippen LogP contribution in [-0.2, 0) is 14.3 Å². The van der Waals surface area contributed by atoms with E-state index in [0.717, 1.165) is 18.4 Å². The summed E-state index contributed by atoms with van der Waals surface area (Å²) in [5.74, 6) is 0.399. The fourth-order valence-electron chi connectivity index (χ4n) is 4.51. The predicted octanol–water partition coefficient (Wildman–Crippen LogP) is 4.13. The molecule has 3 unspecified atom stereocenters. The van der Waals surface area contributed by atoms with Gasteiger partial charge in [0.2, 0.25) is 0 Å². The Morgan fingerprint density at radius 3 is 2.41 bits per heavy atom. The van der Waals surface area contributed by atoms with Crippen molar-refractivity contribution in [2.45, 2.75) is 52.2 Å². The third kappa shape index (κ3) is 2.18. The molecule has 3 rings (SSSR count). The zero-order valence-electron chi connectivity index (χ0n) is 14.0. The molecule has 22 heavy (non-hydrogen) atoms. The number of benzene rings is 1. The summed E-state index contributed by atoms with van der Waals surface area (Å²) in [6.07, 6.45) is 2.76. The highest BCUT2D eigenvalue weighted by molar-refractivity contribution is 5.76. The zero-order chi connectivity index (χ0) is 16.0. The quantitative estimate of drug-likeness (QED) is 0.784. The van der Waals surface area contributed by atoms with Crippen LogP contribution in [0.2, 0.25) is 0 Å². The second-order valence-corrected chi connectivity index (χ2v) is 7.56. The molecule has 0 radical (unpaired) electrons. The number of esters is 1. The van der Waals surface area contributed by atoms with Gasteiger partial charge in [-0.05, 0) is 36.2 Å². The predicted molar refractivity (Wildman–Crippen MR) is 85.3 cm³/mol. The average molecular weight is 302 g/mol. The number of methoxy groups -OCH3 is 1. The number of carbonyl (C=O) groups excluding carboxylic acids is 1. The van der Waals surface area contributed by atoms with E-state index in [0.29, 0.717) is 5.92 Å². The highest BCUT2D eigenvalue weighted by atomic mass is 16.6. The van der Waals surface area contributed by atoms with Crippen LogP contribution in [0.4, 0.5) is 0 Å². The van der Waals surface area contributed by atoms with E-state index in [2.05, 4.69) is 20.8 Å². The van der Waals surface area contributed by atoms with Crippen LogP contribution in [0.5, 0.6) is 0 Å². The van der Waals surface area contributed by atoms with E-state index in [9.17, 15) is 4.79 Å². The second kappa shape index (κ2) is 5.38. The summed E-state index contributed by atoms with van der Waals surface area (Å²) < 4.78 is 11.3. The molecule has 0 aromatic heterocycles. The molecule has 1 aromatic rings. The molecule has 4 atom stereocenters. The standard InChI is InChI=1S/C19H26O3/c1-18(2)14-10-11-19(18,3)15(12-14)22-17(20)16(21-4)13-8-6-5-7-9-13/h5-9,14-16H,10-12H2,1-4H3/t14?,15-,16?,19?/m1/s1. The Labute approximate surface area is 133 Å². The molecule has 2 bridgehead atoms. The summed E-state index contributed by atoms with van der Waals surface area (Å²) in [7, 11) is 1.56. The van der Waals surface area contributed by atoms with Gasteiger partial charge in [0, 0.05) is 12.5 Å². The third-order valence-corrected chi connectivity index (χ3v) is 6.52. The summed E-state index contributed by atoms with van der Waals surface area (Å²) in [4.78, 5) is 12.6. The first kappa shape index (κ1) is 15.5. The van der Waals surface area contributed by atoms with Crippen LogP contribution in [-0.4, -0.2) is 19.2 Å². The molecule has 2 aliphatic carbocycles. The summed E-state index contributed by atoms with van der Waals surface area (Å²) in [5.41, 5.74) is 1.18. The number of carbonyl (C=O) groups is 1. The molecule has 0 spiro atoms. The largest absolute Gasteiger partial charge is 0.460 e. The Bertz CT molecular complexity index is 551. The van der Waals surface area contributed by atoms with Crippen molar-refractivity contribution in [3.63, 3.8) is 0 Å². The fourth-order valence-corrected chi connectivity index (χ4v) is 4.51. The minimum atomic E-state index is -0.632. The molecule has 0 N–H and O–H groups in total. The topological polar surface area (TPSA) is 35.5 Å². The maximum absolute atomic E-state index is 12.6. The summed E-state index contributed by atoms with van der Waals surface area (Å²) in [5, 5.41) is 0. The summed E-state index contributed by atoms with van der Waals surface area (Å²) in [6.45, 7) is 6.93. The molecular formula is C19H26O3. The molecule has 120 valence electrons. The number of fused-ring (bicyclic) bond motifs is 2. The first-order valence-electron chi connectivity index (χ1n) is 8.18. The Kier molecular flexibility index (Phi) is 3.80. The van der Waals surface area contributed by atoms with Crippen LogP contribution < -0.4 is 0 Å². The Morgan fingerprint density at radius 1 is 1.23 bits per heavy atom. The molecule has 1 aromatic carbocycles. The van der Waals surface area contributed by atoms with E-state index in [1.54, 1.807) is 7.11 Å². The summed E-state index contributed by atoms with van der Waals surface area (Å²) in [6, 6.07) is 9.57. The molecular weight excluding hydrogens is 276 g/mol. The molecule has 2 fully saturated rings. The van der Waals surface area contributed by atoms with Gasteiger partial charge < -0.3 is 9.47 Å². The van der Waals surface area contributed by atoms with Gasteiger partial charge in [-0.25, -0.2) is 4.79 Å². The monoisotopic (exact) mass is 302 g/mol. The van der Waals surface area contributed by atoms with Crippen LogP contribution in [0, 0.1) is 16.7 Å². The Balaban J connectivity index is 1.75. The molecule has 2 aliphatic rings. The van der Waals surface area contributed by atoms with Crippen molar-refractivity contribution in [3.05, 3.63) is 35.9 Å². The molecule has 3 nitrogen and oxygen atoms in total. The third-order valence-electron chi connectivity index (χ3n) is 6.52. The van der Waals surface area contributed by atoms with Crippen molar-refractivity contribution in [1.29, 1.82) is 0 Å². The average Bonchev–Trinajstić information content (AvgIpc) is 2.82. The van der Waals surface area contributed by atoms with Crippen molar-refractivity contribution in [1.82, 2.24) is 0 Å². The summed E-state index contributed by atoms with van der Waals surface area (Å²) >= 11 is 0. The van der Waals surface area contributed by atoms with Crippen molar-refractivity contribution in [2.75, 3.05) is 7.11 Å². The SMILES string of the molecule is COC(C(=O)O[C@@H]1CC2CCC1(C)C2(C)C)c1ccccc1. The van der Waals surface area contributed by atoms with E-state index < -0.39 is 6.10 Å². The van der Waals surface area contributed by atoms with Crippen LogP contribution in [0.25, 0.3) is 0 Å². The van der Waals surface area contributed by atoms with E-state index in [1.165, 1.54) is 6.42 Å². The van der Waals surface area contributed by atoms with Crippen LogP contribution in [0.3, 0.4) is 0 Å². The first-order valence-corrected chi connectivity index (χ1v) is 8.18. The Morgan fingerprint density at radius 2 is 1.91 bits per heavy atom. The van der Waals surface area contributed by atoms with Gasteiger partial charge in [0.25, 0.3) is 0 Å². The van der Waals surface area contributed by atoms with Crippen LogP contribution in [0.15, 0.2) is 30.3 Å². The van der Waals surface area contributed by atoms with Crippen LogP contribution in [0.1, 0.15) is 51.7 Å². The maximum atomic E-state index is 12.6. The van der Waals surface area contributed by atoms with E-state index in [1.807, 2.05) is 30.3 Å². The highest BCUT2D eigenvalue weighted by Crippen LogP contribution is 2.66. The smallest absolute Gasteiger partial charge is 0.340 e. The molecule has 0 amide bonds. The molecule has 0 saturated heterocycles. The van der Waals surface area contributed by atoms with Gasteiger partial charge in [-0.15, -0.1) is 0 Å². The van der Waals surface area contributed by atoms with Crippen molar-refractivity contribution < 1.29 is 14.3 Å². The molecule has 0 heterocycles. The van der Waals surface area contributed by atoms with Gasteiger partial charge >= 0.3 is 5.97 Å². The highest BCUT2D eigenvalue weighted by Gasteiger charge is 2.63. The van der Waals surface area contributed by atoms with Gasteiger partial charge in [-0.3, -0.25) is 0 Å². The molecule has 0 aliphatic heterocycles. The molecule has 2 saturated carbocycles. The van der Waals surface area contributed by atoms with E-state index in [-0.39, 0.29) is 22.9 Å². The lowest BCUT2D eigenvalue weighted by Crippen LogP contribution is -2.39. The van der Waals surface area contributed by atoms with Crippen LogP contribution >= 0.6 is 0 Å². The lowest BCUT2D eigenvalue weighted by molar-refractivity contribution is -0.169. The zero-order valence-corrected chi connectivity index (χ0v) is 14.0. The van der Waals surface area contributed by atoms with Gasteiger partial charge in [0.1, 0.15) is 6.10 Å². The number of rotatable bonds is 4. The first-order chi connectivity index (χ1) is 10.4. The second-order valence-electron chi connectivity index (χ2n) is 7.56. The van der Waals surface area contributed by atoms with Gasteiger partial charge in [-0.1, -0.05) is 51.1 Å². The lowest BCUT2D eigenvalue weighted by Gasteiger charge is -2.38. The van der Waals surface area contributed by atoms with E-state index in [4.69, 9.17) is 9.47 Å². The van der Waals surface area contributed by atoms with Crippen molar-refractivity contribution in [2.24, 2.45) is 16.7 Å². The maximum Gasteiger partial charge on any atom is 0.340 e.